The minimum Gasteiger partial charge on any atom is -0.0502 e. The SMILES string of the molecule is C1C[C@@H]2CC3CC1[C@H](C3)C2. The third kappa shape index (κ3) is 0.627. The van der Waals surface area contributed by atoms with Gasteiger partial charge in [-0.15, -0.1) is 0 Å². The van der Waals surface area contributed by atoms with E-state index in [2.05, 4.69) is 0 Å². The van der Waals surface area contributed by atoms with Gasteiger partial charge in [0.15, 0.2) is 0 Å². The molecule has 0 radical (unpaired) electrons. The van der Waals surface area contributed by atoms with Crippen molar-refractivity contribution in [2.24, 2.45) is 23.7 Å². The highest BCUT2D eigenvalue weighted by Crippen LogP contribution is 2.54. The first-order valence-corrected chi connectivity index (χ1v) is 4.92. The summed E-state index contributed by atoms with van der Waals surface area (Å²) in [6.07, 6.45) is 9.61. The first-order valence-electron chi connectivity index (χ1n) is 4.92. The van der Waals surface area contributed by atoms with Crippen molar-refractivity contribution in [2.75, 3.05) is 0 Å². The molecule has 2 unspecified atom stereocenters. The Kier molecular flexibility index (Phi) is 1.00. The van der Waals surface area contributed by atoms with Crippen molar-refractivity contribution in [1.82, 2.24) is 0 Å². The fourth-order valence-corrected chi connectivity index (χ4v) is 3.85. The number of hydrogen-bond donors (Lipinski definition) is 0. The Hall–Kier alpha value is 0. The second-order valence-electron chi connectivity index (χ2n) is 4.77. The molecule has 3 saturated carbocycles. The Bertz CT molecular complexity index is 140. The standard InChI is InChI=1S/C10H16/c1-2-9-5-8-3-7(1)4-10(9)6-8/h7-10H,1-6H2/t7-,8?,9?,10+/m1/s1. The quantitative estimate of drug-likeness (QED) is 0.480. The summed E-state index contributed by atoms with van der Waals surface area (Å²) in [5, 5.41) is 0. The van der Waals surface area contributed by atoms with Crippen LogP contribution >= 0.6 is 0 Å². The van der Waals surface area contributed by atoms with Crippen molar-refractivity contribution in [3.05, 3.63) is 0 Å². The zero-order valence-corrected chi connectivity index (χ0v) is 6.55. The minimum atomic E-state index is 1.17. The van der Waals surface area contributed by atoms with Gasteiger partial charge in [0, 0.05) is 0 Å². The summed E-state index contributed by atoms with van der Waals surface area (Å²) < 4.78 is 0. The minimum absolute atomic E-state index is 1.17. The lowest BCUT2D eigenvalue weighted by molar-refractivity contribution is 0.177. The van der Waals surface area contributed by atoms with E-state index in [-0.39, 0.29) is 0 Å². The van der Waals surface area contributed by atoms with E-state index in [0.29, 0.717) is 0 Å². The third-order valence-electron chi connectivity index (χ3n) is 4.19. The molecule has 3 fully saturated rings. The van der Waals surface area contributed by atoms with Crippen LogP contribution in [0.25, 0.3) is 0 Å². The van der Waals surface area contributed by atoms with Gasteiger partial charge in [0.05, 0.1) is 0 Å². The Morgan fingerprint density at radius 3 is 2.40 bits per heavy atom. The molecule has 0 aromatic heterocycles. The number of rotatable bonds is 0. The van der Waals surface area contributed by atoms with Crippen LogP contribution in [0.5, 0.6) is 0 Å². The second-order valence-corrected chi connectivity index (χ2v) is 4.77. The summed E-state index contributed by atoms with van der Waals surface area (Å²) in [7, 11) is 0. The normalized spacial score (nSPS) is 57.6. The van der Waals surface area contributed by atoms with Crippen molar-refractivity contribution in [2.45, 2.75) is 38.5 Å². The van der Waals surface area contributed by atoms with Crippen LogP contribution in [-0.2, 0) is 0 Å². The molecule has 0 aromatic rings. The smallest absolute Gasteiger partial charge is 0.0380 e. The van der Waals surface area contributed by atoms with Crippen molar-refractivity contribution in [3.8, 4) is 0 Å². The molecule has 0 aromatic carbocycles. The summed E-state index contributed by atoms with van der Waals surface area (Å²) >= 11 is 0. The largest absolute Gasteiger partial charge is 0.0502 e. The highest BCUT2D eigenvalue weighted by atomic mass is 14.5. The van der Waals surface area contributed by atoms with Gasteiger partial charge < -0.3 is 0 Å². The van der Waals surface area contributed by atoms with E-state index >= 15 is 0 Å². The molecule has 10 heavy (non-hydrogen) atoms. The van der Waals surface area contributed by atoms with Crippen molar-refractivity contribution >= 4 is 0 Å². The van der Waals surface area contributed by atoms with Crippen LogP contribution in [0.3, 0.4) is 0 Å². The molecule has 3 bridgehead atoms. The number of hydrogen-bond acceptors (Lipinski definition) is 0. The van der Waals surface area contributed by atoms with Gasteiger partial charge in [0.1, 0.15) is 0 Å². The van der Waals surface area contributed by atoms with Crippen molar-refractivity contribution in [1.29, 1.82) is 0 Å². The number of fused-ring (bicyclic) bond motifs is 2. The van der Waals surface area contributed by atoms with Gasteiger partial charge in [-0.05, 0) is 55.8 Å². The van der Waals surface area contributed by atoms with Crippen molar-refractivity contribution in [3.63, 3.8) is 0 Å². The average Bonchev–Trinajstić information content (AvgIpc) is 2.11. The van der Waals surface area contributed by atoms with Gasteiger partial charge >= 0.3 is 0 Å². The maximum Gasteiger partial charge on any atom is -0.0380 e. The Labute approximate surface area is 63.0 Å². The average molecular weight is 136 g/mol. The maximum absolute atomic E-state index is 1.61. The third-order valence-corrected chi connectivity index (χ3v) is 4.19. The van der Waals surface area contributed by atoms with E-state index in [9.17, 15) is 0 Å². The highest BCUT2D eigenvalue weighted by molar-refractivity contribution is 4.94. The lowest BCUT2D eigenvalue weighted by Gasteiger charge is -2.33. The molecule has 4 atom stereocenters. The molecule has 3 aliphatic carbocycles. The molecular formula is C10H16. The molecule has 0 nitrogen and oxygen atoms in total. The topological polar surface area (TPSA) is 0 Å². The van der Waals surface area contributed by atoms with Crippen molar-refractivity contribution < 1.29 is 0 Å². The molecule has 0 N–H and O–H groups in total. The van der Waals surface area contributed by atoms with Crippen LogP contribution in [0.4, 0.5) is 0 Å². The second kappa shape index (κ2) is 1.78. The predicted molar refractivity (Wildman–Crippen MR) is 41.7 cm³/mol. The van der Waals surface area contributed by atoms with E-state index in [1.807, 2.05) is 0 Å². The summed E-state index contributed by atoms with van der Waals surface area (Å²) in [6.45, 7) is 0. The molecular weight excluding hydrogens is 120 g/mol. The van der Waals surface area contributed by atoms with Crippen LogP contribution in [0.2, 0.25) is 0 Å². The van der Waals surface area contributed by atoms with Crippen LogP contribution in [0, 0.1) is 23.7 Å². The van der Waals surface area contributed by atoms with Crippen LogP contribution in [0.1, 0.15) is 38.5 Å². The van der Waals surface area contributed by atoms with E-state index in [1.165, 1.54) is 23.7 Å². The van der Waals surface area contributed by atoms with E-state index in [0.717, 1.165) is 0 Å². The fraction of sp³-hybridized carbons (Fsp3) is 1.00. The predicted octanol–water partition coefficient (Wildman–Crippen LogP) is 2.83. The highest BCUT2D eigenvalue weighted by Gasteiger charge is 2.43. The molecule has 3 rings (SSSR count). The van der Waals surface area contributed by atoms with Gasteiger partial charge in [0.2, 0.25) is 0 Å². The molecule has 56 valence electrons. The Morgan fingerprint density at radius 2 is 1.40 bits per heavy atom. The van der Waals surface area contributed by atoms with Gasteiger partial charge in [-0.3, -0.25) is 0 Å². The van der Waals surface area contributed by atoms with Gasteiger partial charge in [-0.1, -0.05) is 6.42 Å². The summed E-state index contributed by atoms with van der Waals surface area (Å²) in [4.78, 5) is 0. The zero-order valence-electron chi connectivity index (χ0n) is 6.55. The molecule has 0 amide bonds. The molecule has 0 saturated heterocycles. The molecule has 0 aliphatic heterocycles. The Morgan fingerprint density at radius 1 is 0.600 bits per heavy atom. The molecule has 0 spiro atoms. The Balaban J connectivity index is 1.94. The lowest BCUT2D eigenvalue weighted by atomic mass is 9.72. The van der Waals surface area contributed by atoms with E-state index < -0.39 is 0 Å². The fourth-order valence-electron chi connectivity index (χ4n) is 3.85. The first-order chi connectivity index (χ1) is 4.92. The van der Waals surface area contributed by atoms with E-state index in [4.69, 9.17) is 0 Å². The van der Waals surface area contributed by atoms with E-state index in [1.54, 1.807) is 38.5 Å². The van der Waals surface area contributed by atoms with Crippen LogP contribution < -0.4 is 0 Å². The zero-order chi connectivity index (χ0) is 6.55. The summed E-state index contributed by atoms with van der Waals surface area (Å²) in [5.74, 6) is 4.72. The maximum atomic E-state index is 1.61. The lowest BCUT2D eigenvalue weighted by Crippen LogP contribution is -2.22. The molecule has 0 heterocycles. The first kappa shape index (κ1) is 5.62. The summed E-state index contributed by atoms with van der Waals surface area (Å²) in [6, 6.07) is 0. The van der Waals surface area contributed by atoms with Gasteiger partial charge in [0.25, 0.3) is 0 Å². The van der Waals surface area contributed by atoms with Crippen LogP contribution in [-0.4, -0.2) is 0 Å². The van der Waals surface area contributed by atoms with Crippen LogP contribution in [0.15, 0.2) is 0 Å². The van der Waals surface area contributed by atoms with Gasteiger partial charge in [-0.25, -0.2) is 0 Å². The molecule has 0 heteroatoms. The van der Waals surface area contributed by atoms with Gasteiger partial charge in [-0.2, -0.15) is 0 Å². The monoisotopic (exact) mass is 136 g/mol. The summed E-state index contributed by atoms with van der Waals surface area (Å²) in [5.41, 5.74) is 0. The molecule has 3 aliphatic rings.